The molecule has 0 aromatic heterocycles. The molecule has 20 heavy (non-hydrogen) atoms. The maximum absolute atomic E-state index is 12.6. The molecule has 0 heterocycles. The summed E-state index contributed by atoms with van der Waals surface area (Å²) in [6, 6.07) is -0.348. The Labute approximate surface area is 118 Å². The summed E-state index contributed by atoms with van der Waals surface area (Å²) in [5.74, 6) is 0. The molecule has 0 radical (unpaired) electrons. The molecular formula is C8H4F6INO3S. The van der Waals surface area contributed by atoms with Crippen LogP contribution in [0.25, 0.3) is 0 Å². The van der Waals surface area contributed by atoms with Crippen LogP contribution in [0.2, 0.25) is 0 Å². The van der Waals surface area contributed by atoms with Crippen molar-refractivity contribution in [1.82, 2.24) is 0 Å². The van der Waals surface area contributed by atoms with Crippen LogP contribution in [0, 0.1) is 3.57 Å². The number of halogens is 7. The first-order valence-electron chi connectivity index (χ1n) is 4.41. The first kappa shape index (κ1) is 17.3. The van der Waals surface area contributed by atoms with E-state index < -0.39 is 63.2 Å². The van der Waals surface area contributed by atoms with Gasteiger partial charge in [-0.15, -0.1) is 0 Å². The second kappa shape index (κ2) is 5.22. The summed E-state index contributed by atoms with van der Waals surface area (Å²) in [5.41, 5.74) is -3.76. The molecule has 0 atom stereocenters. The zero-order chi connectivity index (χ0) is 15.9. The average molecular weight is 435 g/mol. The fourth-order valence-corrected chi connectivity index (χ4v) is 4.11. The van der Waals surface area contributed by atoms with Crippen molar-refractivity contribution in [2.75, 3.05) is 0 Å². The maximum atomic E-state index is 12.6. The zero-order valence-corrected chi connectivity index (χ0v) is 12.0. The number of rotatable bonds is 2. The standard InChI is InChI=1S/C8H4F6INO3S/c9-7(10,11)3-1-4(8(12,13)14)6(15-17)5(2-3)20(16,18)19/h1-2H,(H2,16,18,19). The number of alkyl halides is 6. The fourth-order valence-electron chi connectivity index (χ4n) is 1.25. The van der Waals surface area contributed by atoms with Gasteiger partial charge in [0, 0.05) is 0 Å². The van der Waals surface area contributed by atoms with Gasteiger partial charge in [-0.1, -0.05) is 0 Å². The Bertz CT molecular complexity index is 651. The van der Waals surface area contributed by atoms with Gasteiger partial charge in [-0.3, -0.25) is 3.07 Å². The smallest absolute Gasteiger partial charge is 0.265 e. The van der Waals surface area contributed by atoms with Gasteiger partial charge < -0.3 is 0 Å². The molecular weight excluding hydrogens is 431 g/mol. The molecule has 0 aliphatic rings. The van der Waals surface area contributed by atoms with E-state index in [1.54, 1.807) is 0 Å². The Morgan fingerprint density at radius 2 is 1.50 bits per heavy atom. The van der Waals surface area contributed by atoms with E-state index in [1.165, 1.54) is 0 Å². The van der Waals surface area contributed by atoms with Crippen LogP contribution in [0.4, 0.5) is 26.3 Å². The van der Waals surface area contributed by atoms with Gasteiger partial charge in [-0.05, 0) is 12.1 Å². The second-order valence-corrected chi connectivity index (χ2v) is 6.50. The van der Waals surface area contributed by atoms with E-state index in [1.807, 2.05) is 0 Å². The number of hydrogen-bond donors (Lipinski definition) is 1. The molecule has 1 aromatic rings. The van der Waals surface area contributed by atoms with E-state index in [0.717, 1.165) is 0 Å². The van der Waals surface area contributed by atoms with Gasteiger partial charge in [0.25, 0.3) is 0 Å². The van der Waals surface area contributed by atoms with Gasteiger partial charge in [-0.25, -0.2) is 13.6 Å². The topological polar surface area (TPSA) is 77.2 Å². The number of primary sulfonamides is 1. The minimum Gasteiger partial charge on any atom is -0.265 e. The molecule has 0 unspecified atom stereocenters. The number of hydrogen-bond acceptors (Lipinski definition) is 3. The lowest BCUT2D eigenvalue weighted by Gasteiger charge is -2.15. The van der Waals surface area contributed by atoms with Gasteiger partial charge in [0.1, 0.15) is 0 Å². The zero-order valence-electron chi connectivity index (χ0n) is 9.01. The van der Waals surface area contributed by atoms with Crippen molar-refractivity contribution in [3.8, 4) is 0 Å². The van der Waals surface area contributed by atoms with Crippen LogP contribution < -0.4 is 5.14 Å². The molecule has 114 valence electrons. The molecule has 0 bridgehead atoms. The molecule has 0 saturated heterocycles. The van der Waals surface area contributed by atoms with Crippen LogP contribution in [0.3, 0.4) is 0 Å². The highest BCUT2D eigenvalue weighted by atomic mass is 127. The molecule has 4 nitrogen and oxygen atoms in total. The summed E-state index contributed by atoms with van der Waals surface area (Å²) in [4.78, 5) is -1.43. The van der Waals surface area contributed by atoms with Crippen molar-refractivity contribution in [2.45, 2.75) is 17.2 Å². The third-order valence-corrected chi connectivity index (χ3v) is 4.96. The molecule has 2 N–H and O–H groups in total. The fraction of sp³-hybridized carbons (Fsp3) is 0.250. The summed E-state index contributed by atoms with van der Waals surface area (Å²) in [5, 5.41) is 4.57. The van der Waals surface area contributed by atoms with Crippen LogP contribution in [0.1, 0.15) is 11.1 Å². The Hall–Kier alpha value is -0.760. The number of benzene rings is 1. The van der Waals surface area contributed by atoms with E-state index in [4.69, 9.17) is 0 Å². The van der Waals surface area contributed by atoms with Crippen molar-refractivity contribution in [3.05, 3.63) is 26.8 Å². The normalized spacial score (nSPS) is 13.6. The summed E-state index contributed by atoms with van der Waals surface area (Å²) >= 11 is -2.71. The third kappa shape index (κ3) is 3.66. The van der Waals surface area contributed by atoms with E-state index in [0.29, 0.717) is 0 Å². The largest absolute Gasteiger partial charge is 0.417 e. The van der Waals surface area contributed by atoms with Gasteiger partial charge in [0.2, 0.25) is 10.0 Å². The summed E-state index contributed by atoms with van der Waals surface area (Å²) < 4.78 is 107. The Balaban J connectivity index is 3.90. The van der Waals surface area contributed by atoms with Crippen molar-refractivity contribution in [2.24, 2.45) is 5.14 Å². The minimum atomic E-state index is -5.29. The summed E-state index contributed by atoms with van der Waals surface area (Å²) in [6.45, 7) is 0. The van der Waals surface area contributed by atoms with Crippen molar-refractivity contribution in [3.63, 3.8) is 0 Å². The molecule has 1 rings (SSSR count). The Morgan fingerprint density at radius 3 is 1.80 bits per heavy atom. The quantitative estimate of drug-likeness (QED) is 0.574. The molecule has 0 spiro atoms. The first-order chi connectivity index (χ1) is 8.78. The third-order valence-electron chi connectivity index (χ3n) is 2.06. The average Bonchev–Trinajstić information content (AvgIpc) is 2.23. The maximum Gasteiger partial charge on any atom is 0.417 e. The van der Waals surface area contributed by atoms with E-state index >= 15 is 0 Å². The van der Waals surface area contributed by atoms with Crippen LogP contribution in [0.15, 0.2) is 17.0 Å². The molecule has 0 aliphatic heterocycles. The SMILES string of the molecule is NS(=O)(=O)c1cc(C(F)(F)F)cc(C(F)(F)F)c1I=O. The van der Waals surface area contributed by atoms with Crippen LogP contribution in [-0.2, 0) is 25.4 Å². The molecule has 0 saturated carbocycles. The summed E-state index contributed by atoms with van der Waals surface area (Å²) in [6.07, 6.45) is -10.5. The predicted molar refractivity (Wildman–Crippen MR) is 61.2 cm³/mol. The second-order valence-electron chi connectivity index (χ2n) is 3.45. The monoisotopic (exact) mass is 435 g/mol. The highest BCUT2D eigenvalue weighted by Gasteiger charge is 2.41. The van der Waals surface area contributed by atoms with E-state index in [9.17, 15) is 37.8 Å². The van der Waals surface area contributed by atoms with Crippen LogP contribution in [-0.4, -0.2) is 8.42 Å². The number of sulfonamides is 1. The lowest BCUT2D eigenvalue weighted by atomic mass is 10.1. The summed E-state index contributed by atoms with van der Waals surface area (Å²) in [7, 11) is -4.88. The Morgan fingerprint density at radius 1 is 1.00 bits per heavy atom. The van der Waals surface area contributed by atoms with Crippen molar-refractivity contribution < 1.29 is 37.8 Å². The Kier molecular flexibility index (Phi) is 4.51. The minimum absolute atomic E-state index is 0.0580. The van der Waals surface area contributed by atoms with E-state index in [2.05, 4.69) is 5.14 Å². The van der Waals surface area contributed by atoms with Gasteiger partial charge in [0.15, 0.2) is 21.2 Å². The lowest BCUT2D eigenvalue weighted by molar-refractivity contribution is -0.143. The van der Waals surface area contributed by atoms with Crippen molar-refractivity contribution >= 4 is 31.2 Å². The number of nitrogens with two attached hydrogens (primary N) is 1. The molecule has 1 aromatic carbocycles. The molecule has 0 amide bonds. The van der Waals surface area contributed by atoms with Crippen LogP contribution >= 0.6 is 21.2 Å². The highest BCUT2D eigenvalue weighted by molar-refractivity contribution is 14.1. The van der Waals surface area contributed by atoms with Crippen molar-refractivity contribution in [1.29, 1.82) is 0 Å². The van der Waals surface area contributed by atoms with Gasteiger partial charge in [0.05, 0.1) is 19.6 Å². The van der Waals surface area contributed by atoms with E-state index in [-0.39, 0.29) is 12.1 Å². The van der Waals surface area contributed by atoms with Gasteiger partial charge in [-0.2, -0.15) is 26.3 Å². The molecule has 0 fully saturated rings. The van der Waals surface area contributed by atoms with Crippen LogP contribution in [0.5, 0.6) is 0 Å². The predicted octanol–water partition coefficient (Wildman–Crippen LogP) is 2.86. The molecule has 0 aliphatic carbocycles. The lowest BCUT2D eigenvalue weighted by Crippen LogP contribution is -2.20. The molecule has 12 heteroatoms. The highest BCUT2D eigenvalue weighted by Crippen LogP contribution is 2.41. The van der Waals surface area contributed by atoms with Gasteiger partial charge >= 0.3 is 12.4 Å². The first-order valence-corrected chi connectivity index (χ1v) is 7.91.